The van der Waals surface area contributed by atoms with Gasteiger partial charge in [-0.05, 0) is 43.9 Å². The fourth-order valence-corrected chi connectivity index (χ4v) is 4.80. The summed E-state index contributed by atoms with van der Waals surface area (Å²) in [6, 6.07) is 0. The number of hydrogen-bond donors (Lipinski definition) is 2. The number of nitrogens with two attached hydrogens (primary N) is 1. The Labute approximate surface area is 125 Å². The molecule has 0 aromatic heterocycles. The van der Waals surface area contributed by atoms with Gasteiger partial charge in [0.15, 0.2) is 0 Å². The Morgan fingerprint density at radius 2 is 1.75 bits per heavy atom. The number of aliphatic hydroxyl groups is 1. The molecule has 2 aliphatic carbocycles. The van der Waals surface area contributed by atoms with Crippen molar-refractivity contribution in [1.29, 1.82) is 0 Å². The molecule has 2 heteroatoms. The average Bonchev–Trinajstić information content (AvgIpc) is 2.64. The van der Waals surface area contributed by atoms with E-state index in [2.05, 4.69) is 13.8 Å². The largest absolute Gasteiger partial charge is 0.389 e. The Kier molecular flexibility index (Phi) is 5.53. The van der Waals surface area contributed by atoms with Crippen molar-refractivity contribution in [2.75, 3.05) is 6.54 Å². The first kappa shape index (κ1) is 16.3. The molecule has 0 aromatic rings. The van der Waals surface area contributed by atoms with Crippen molar-refractivity contribution >= 4 is 0 Å². The van der Waals surface area contributed by atoms with Gasteiger partial charge in [-0.15, -0.1) is 0 Å². The van der Waals surface area contributed by atoms with Crippen LogP contribution in [0.2, 0.25) is 0 Å². The van der Waals surface area contributed by atoms with Gasteiger partial charge < -0.3 is 10.8 Å². The minimum Gasteiger partial charge on any atom is -0.389 e. The summed E-state index contributed by atoms with van der Waals surface area (Å²) < 4.78 is 0. The molecule has 0 spiro atoms. The SMILES string of the molecule is CCCC1CCCC(O)(C2(CN)CCC(C)CC2)CC1. The zero-order chi connectivity index (χ0) is 14.6. The minimum atomic E-state index is -0.482. The van der Waals surface area contributed by atoms with E-state index in [1.807, 2.05) is 0 Å². The Balaban J connectivity index is 2.07. The predicted octanol–water partition coefficient (Wildman–Crippen LogP) is 4.25. The highest BCUT2D eigenvalue weighted by molar-refractivity contribution is 5.02. The van der Waals surface area contributed by atoms with Crippen molar-refractivity contribution in [2.24, 2.45) is 23.0 Å². The second-order valence-electron chi connectivity index (χ2n) is 7.78. The molecule has 2 saturated carbocycles. The molecule has 2 fully saturated rings. The van der Waals surface area contributed by atoms with Gasteiger partial charge in [0.25, 0.3) is 0 Å². The molecular formula is C18H35NO. The fraction of sp³-hybridized carbons (Fsp3) is 1.00. The first-order chi connectivity index (χ1) is 9.55. The summed E-state index contributed by atoms with van der Waals surface area (Å²) in [6.45, 7) is 5.30. The number of hydrogen-bond acceptors (Lipinski definition) is 2. The Bertz CT molecular complexity index is 296. The highest BCUT2D eigenvalue weighted by Gasteiger charge is 2.50. The maximum atomic E-state index is 11.4. The van der Waals surface area contributed by atoms with Gasteiger partial charge in [-0.25, -0.2) is 0 Å². The van der Waals surface area contributed by atoms with E-state index in [4.69, 9.17) is 5.73 Å². The monoisotopic (exact) mass is 281 g/mol. The summed E-state index contributed by atoms with van der Waals surface area (Å²) in [5, 5.41) is 11.4. The van der Waals surface area contributed by atoms with Crippen molar-refractivity contribution < 1.29 is 5.11 Å². The van der Waals surface area contributed by atoms with Gasteiger partial charge in [0.2, 0.25) is 0 Å². The third-order valence-electron chi connectivity index (χ3n) is 6.48. The van der Waals surface area contributed by atoms with Crippen LogP contribution in [0.1, 0.15) is 84.5 Å². The summed E-state index contributed by atoms with van der Waals surface area (Å²) in [5.74, 6) is 1.66. The molecule has 0 amide bonds. The summed E-state index contributed by atoms with van der Waals surface area (Å²) in [6.07, 6.45) is 13.1. The van der Waals surface area contributed by atoms with Crippen LogP contribution in [0.3, 0.4) is 0 Å². The first-order valence-corrected chi connectivity index (χ1v) is 8.98. The Morgan fingerprint density at radius 3 is 2.35 bits per heavy atom. The Morgan fingerprint density at radius 1 is 1.05 bits per heavy atom. The highest BCUT2D eigenvalue weighted by atomic mass is 16.3. The van der Waals surface area contributed by atoms with Gasteiger partial charge in [-0.1, -0.05) is 52.4 Å². The van der Waals surface area contributed by atoms with Crippen LogP contribution in [-0.2, 0) is 0 Å². The molecule has 0 radical (unpaired) electrons. The summed E-state index contributed by atoms with van der Waals surface area (Å²) in [5.41, 5.74) is 5.72. The summed E-state index contributed by atoms with van der Waals surface area (Å²) in [7, 11) is 0. The standard InChI is InChI=1S/C18H35NO/c1-3-5-16-6-4-10-18(20,13-9-16)17(14-19)11-7-15(2)8-12-17/h15-16,20H,3-14,19H2,1-2H3. The molecule has 2 atom stereocenters. The summed E-state index contributed by atoms with van der Waals surface area (Å²) in [4.78, 5) is 0. The van der Waals surface area contributed by atoms with Gasteiger partial charge >= 0.3 is 0 Å². The van der Waals surface area contributed by atoms with Gasteiger partial charge in [0, 0.05) is 12.0 Å². The van der Waals surface area contributed by atoms with Crippen LogP contribution in [0.25, 0.3) is 0 Å². The maximum absolute atomic E-state index is 11.4. The van der Waals surface area contributed by atoms with E-state index in [1.165, 1.54) is 44.9 Å². The van der Waals surface area contributed by atoms with Crippen molar-refractivity contribution in [3.8, 4) is 0 Å². The van der Waals surface area contributed by atoms with Crippen LogP contribution in [0.15, 0.2) is 0 Å². The van der Waals surface area contributed by atoms with Gasteiger partial charge in [0.05, 0.1) is 5.60 Å². The molecule has 0 aromatic carbocycles. The molecular weight excluding hydrogens is 246 g/mol. The Hall–Kier alpha value is -0.0800. The van der Waals surface area contributed by atoms with E-state index in [-0.39, 0.29) is 5.41 Å². The quantitative estimate of drug-likeness (QED) is 0.757. The molecule has 0 heterocycles. The van der Waals surface area contributed by atoms with Crippen LogP contribution < -0.4 is 5.73 Å². The molecule has 0 saturated heterocycles. The van der Waals surface area contributed by atoms with E-state index in [1.54, 1.807) is 0 Å². The lowest BCUT2D eigenvalue weighted by molar-refractivity contribution is -0.114. The molecule has 0 aliphatic heterocycles. The van der Waals surface area contributed by atoms with E-state index in [9.17, 15) is 5.11 Å². The normalized spacial score (nSPS) is 43.2. The maximum Gasteiger partial charge on any atom is 0.0715 e. The van der Waals surface area contributed by atoms with Crippen molar-refractivity contribution in [3.05, 3.63) is 0 Å². The lowest BCUT2D eigenvalue weighted by Crippen LogP contribution is -2.54. The van der Waals surface area contributed by atoms with Crippen molar-refractivity contribution in [2.45, 2.75) is 90.1 Å². The zero-order valence-corrected chi connectivity index (χ0v) is 13.7. The number of rotatable bonds is 4. The van der Waals surface area contributed by atoms with E-state index < -0.39 is 5.60 Å². The third-order valence-corrected chi connectivity index (χ3v) is 6.48. The van der Waals surface area contributed by atoms with Crippen LogP contribution in [-0.4, -0.2) is 17.3 Å². The molecule has 2 unspecified atom stereocenters. The topological polar surface area (TPSA) is 46.2 Å². The smallest absolute Gasteiger partial charge is 0.0715 e. The molecule has 3 N–H and O–H groups in total. The lowest BCUT2D eigenvalue weighted by atomic mass is 9.59. The van der Waals surface area contributed by atoms with Gasteiger partial charge in [-0.2, -0.15) is 0 Å². The van der Waals surface area contributed by atoms with Gasteiger partial charge in [-0.3, -0.25) is 0 Å². The second kappa shape index (κ2) is 6.79. The van der Waals surface area contributed by atoms with Crippen LogP contribution >= 0.6 is 0 Å². The van der Waals surface area contributed by atoms with Crippen molar-refractivity contribution in [1.82, 2.24) is 0 Å². The fourth-order valence-electron chi connectivity index (χ4n) is 4.80. The van der Waals surface area contributed by atoms with Gasteiger partial charge in [0.1, 0.15) is 0 Å². The molecule has 2 rings (SSSR count). The van der Waals surface area contributed by atoms with E-state index >= 15 is 0 Å². The van der Waals surface area contributed by atoms with Crippen molar-refractivity contribution in [3.63, 3.8) is 0 Å². The minimum absolute atomic E-state index is 0.0145. The molecule has 20 heavy (non-hydrogen) atoms. The van der Waals surface area contributed by atoms with E-state index in [0.717, 1.165) is 37.5 Å². The predicted molar refractivity (Wildman–Crippen MR) is 85.6 cm³/mol. The van der Waals surface area contributed by atoms with Crippen LogP contribution in [0, 0.1) is 17.3 Å². The summed E-state index contributed by atoms with van der Waals surface area (Å²) >= 11 is 0. The third kappa shape index (κ3) is 3.22. The lowest BCUT2D eigenvalue weighted by Gasteiger charge is -2.50. The molecule has 0 bridgehead atoms. The highest BCUT2D eigenvalue weighted by Crippen LogP contribution is 2.51. The van der Waals surface area contributed by atoms with Crippen LogP contribution in [0.4, 0.5) is 0 Å². The zero-order valence-electron chi connectivity index (χ0n) is 13.7. The molecule has 2 aliphatic rings. The average molecular weight is 281 g/mol. The molecule has 118 valence electrons. The second-order valence-corrected chi connectivity index (χ2v) is 7.78. The molecule has 2 nitrogen and oxygen atoms in total. The van der Waals surface area contributed by atoms with E-state index in [0.29, 0.717) is 6.54 Å². The van der Waals surface area contributed by atoms with Crippen LogP contribution in [0.5, 0.6) is 0 Å². The first-order valence-electron chi connectivity index (χ1n) is 8.98.